The molecule has 1 aliphatic heterocycles. The van der Waals surface area contributed by atoms with Gasteiger partial charge in [0.05, 0.1) is 18.7 Å². The van der Waals surface area contributed by atoms with Gasteiger partial charge in [-0.05, 0) is 44.2 Å². The number of carbonyl (C=O) groups is 3. The molecule has 1 aromatic heterocycles. The lowest BCUT2D eigenvalue weighted by Crippen LogP contribution is -2.56. The number of nitrogen functional groups attached to an aromatic ring is 1. The summed E-state index contributed by atoms with van der Waals surface area (Å²) in [6.45, 7) is 4.12. The predicted molar refractivity (Wildman–Crippen MR) is 141 cm³/mol. The molecule has 3 rings (SSSR count). The van der Waals surface area contributed by atoms with E-state index in [2.05, 4.69) is 15.6 Å². The number of esters is 1. The highest BCUT2D eigenvalue weighted by Gasteiger charge is 2.35. The van der Waals surface area contributed by atoms with Crippen molar-refractivity contribution in [3.05, 3.63) is 41.7 Å². The van der Waals surface area contributed by atoms with E-state index in [0.29, 0.717) is 31.0 Å². The van der Waals surface area contributed by atoms with Gasteiger partial charge in [-0.25, -0.2) is 0 Å². The van der Waals surface area contributed by atoms with E-state index in [1.165, 1.54) is 6.42 Å². The third-order valence-corrected chi connectivity index (χ3v) is 6.81. The van der Waals surface area contributed by atoms with Crippen molar-refractivity contribution in [1.82, 2.24) is 20.5 Å². The lowest BCUT2D eigenvalue weighted by molar-refractivity contribution is -0.147. The molecule has 37 heavy (non-hydrogen) atoms. The van der Waals surface area contributed by atoms with Gasteiger partial charge in [0.2, 0.25) is 11.8 Å². The number of aromatic nitrogens is 1. The zero-order valence-electron chi connectivity index (χ0n) is 21.9. The first-order chi connectivity index (χ1) is 17.7. The summed E-state index contributed by atoms with van der Waals surface area (Å²) in [5.41, 5.74) is 6.59. The number of ether oxygens (including phenoxy) is 1. The Labute approximate surface area is 218 Å². The van der Waals surface area contributed by atoms with Crippen molar-refractivity contribution < 1.29 is 19.1 Å². The molecule has 0 saturated heterocycles. The van der Waals surface area contributed by atoms with Gasteiger partial charge in [0, 0.05) is 19.3 Å². The van der Waals surface area contributed by atoms with Crippen LogP contribution in [0.3, 0.4) is 0 Å². The highest BCUT2D eigenvalue weighted by molar-refractivity contribution is 5.93. The molecule has 0 spiro atoms. The van der Waals surface area contributed by atoms with Gasteiger partial charge >= 0.3 is 5.97 Å². The summed E-state index contributed by atoms with van der Waals surface area (Å²) in [5, 5.41) is 13.5. The van der Waals surface area contributed by atoms with Crippen LogP contribution < -0.4 is 16.4 Å². The summed E-state index contributed by atoms with van der Waals surface area (Å²) in [5.74, 6) is -0.514. The predicted octanol–water partition coefficient (Wildman–Crippen LogP) is 2.02. The summed E-state index contributed by atoms with van der Waals surface area (Å²) < 4.78 is 5.24. The molecule has 10 nitrogen and oxygen atoms in total. The second-order valence-electron chi connectivity index (χ2n) is 10.1. The maximum atomic E-state index is 13.8. The topological polar surface area (TPSA) is 150 Å². The lowest BCUT2D eigenvalue weighted by Gasteiger charge is -2.36. The molecule has 1 saturated carbocycles. The van der Waals surface area contributed by atoms with E-state index in [-0.39, 0.29) is 36.8 Å². The third kappa shape index (κ3) is 8.66. The fraction of sp³-hybridized carbons (Fsp3) is 0.593. The van der Waals surface area contributed by atoms with E-state index in [0.717, 1.165) is 31.2 Å². The molecule has 2 atom stereocenters. The van der Waals surface area contributed by atoms with Gasteiger partial charge < -0.3 is 20.7 Å². The zero-order chi connectivity index (χ0) is 26.8. The van der Waals surface area contributed by atoms with Gasteiger partial charge in [0.15, 0.2) is 0 Å². The zero-order valence-corrected chi connectivity index (χ0v) is 21.9. The largest absolute Gasteiger partial charge is 0.462 e. The SMILES string of the molecule is CC(C)OC(=O)CNC(CC1CCCCC1)C(=O)N1CC=CCC1C(=O)NCc1ccc(C(=N)N)nc1. The normalized spacial score (nSPS) is 18.9. The summed E-state index contributed by atoms with van der Waals surface area (Å²) in [7, 11) is 0. The molecule has 2 amide bonds. The first-order valence-corrected chi connectivity index (χ1v) is 13.2. The summed E-state index contributed by atoms with van der Waals surface area (Å²) in [6.07, 6.45) is 11.9. The van der Waals surface area contributed by atoms with Gasteiger partial charge in [-0.3, -0.25) is 30.1 Å². The van der Waals surface area contributed by atoms with Gasteiger partial charge in [-0.1, -0.05) is 50.3 Å². The van der Waals surface area contributed by atoms with Crippen LogP contribution in [-0.2, 0) is 25.7 Å². The highest BCUT2D eigenvalue weighted by atomic mass is 16.5. The first kappa shape index (κ1) is 28.3. The van der Waals surface area contributed by atoms with Gasteiger partial charge in [-0.15, -0.1) is 0 Å². The fourth-order valence-electron chi connectivity index (χ4n) is 4.89. The Morgan fingerprint density at radius 2 is 1.95 bits per heavy atom. The molecular weight excluding hydrogens is 472 g/mol. The molecule has 0 aromatic carbocycles. The molecule has 1 aliphatic carbocycles. The van der Waals surface area contributed by atoms with E-state index >= 15 is 0 Å². The van der Waals surface area contributed by atoms with Crippen LogP contribution in [-0.4, -0.2) is 64.8 Å². The van der Waals surface area contributed by atoms with Gasteiger partial charge in [-0.2, -0.15) is 0 Å². The number of amidine groups is 1. The number of hydrogen-bond acceptors (Lipinski definition) is 7. The summed E-state index contributed by atoms with van der Waals surface area (Å²) >= 11 is 0. The molecule has 2 heterocycles. The Balaban J connectivity index is 1.66. The second kappa shape index (κ2) is 13.9. The van der Waals surface area contributed by atoms with Crippen molar-refractivity contribution >= 4 is 23.6 Å². The Kier molecular flexibility index (Phi) is 10.6. The van der Waals surface area contributed by atoms with Crippen LogP contribution in [0.15, 0.2) is 30.5 Å². The maximum absolute atomic E-state index is 13.8. The van der Waals surface area contributed by atoms with E-state index in [9.17, 15) is 14.4 Å². The van der Waals surface area contributed by atoms with Crippen molar-refractivity contribution in [2.45, 2.75) is 83.5 Å². The average molecular weight is 513 g/mol. The highest BCUT2D eigenvalue weighted by Crippen LogP contribution is 2.28. The Morgan fingerprint density at radius 3 is 2.59 bits per heavy atom. The second-order valence-corrected chi connectivity index (χ2v) is 10.1. The molecule has 202 valence electrons. The quantitative estimate of drug-likeness (QED) is 0.153. The monoisotopic (exact) mass is 512 g/mol. The van der Waals surface area contributed by atoms with Gasteiger partial charge in [0.25, 0.3) is 0 Å². The molecule has 0 bridgehead atoms. The van der Waals surface area contributed by atoms with Crippen molar-refractivity contribution in [2.24, 2.45) is 11.7 Å². The minimum atomic E-state index is -0.639. The van der Waals surface area contributed by atoms with Crippen LogP contribution in [0, 0.1) is 11.3 Å². The fourth-order valence-corrected chi connectivity index (χ4v) is 4.89. The number of rotatable bonds is 11. The van der Waals surface area contributed by atoms with E-state index in [4.69, 9.17) is 15.9 Å². The summed E-state index contributed by atoms with van der Waals surface area (Å²) in [6, 6.07) is 2.19. The number of hydrogen-bond donors (Lipinski definition) is 4. The molecule has 2 unspecified atom stereocenters. The minimum Gasteiger partial charge on any atom is -0.462 e. The van der Waals surface area contributed by atoms with Crippen molar-refractivity contribution in [3.8, 4) is 0 Å². The van der Waals surface area contributed by atoms with Crippen molar-refractivity contribution in [3.63, 3.8) is 0 Å². The average Bonchev–Trinajstić information content (AvgIpc) is 2.89. The number of nitrogens with zero attached hydrogens (tertiary/aromatic N) is 2. The Hall–Kier alpha value is -3.27. The Bertz CT molecular complexity index is 972. The van der Waals surface area contributed by atoms with Crippen LogP contribution in [0.25, 0.3) is 0 Å². The number of nitrogens with two attached hydrogens (primary N) is 1. The molecule has 10 heteroatoms. The lowest BCUT2D eigenvalue weighted by atomic mass is 9.84. The first-order valence-electron chi connectivity index (χ1n) is 13.2. The minimum absolute atomic E-state index is 0.0505. The van der Waals surface area contributed by atoms with Crippen LogP contribution in [0.2, 0.25) is 0 Å². The number of pyridine rings is 1. The molecule has 0 radical (unpaired) electrons. The van der Waals surface area contributed by atoms with Crippen LogP contribution in [0.4, 0.5) is 0 Å². The molecule has 1 aromatic rings. The van der Waals surface area contributed by atoms with Crippen LogP contribution in [0.5, 0.6) is 0 Å². The Morgan fingerprint density at radius 1 is 1.19 bits per heavy atom. The maximum Gasteiger partial charge on any atom is 0.320 e. The number of amides is 2. The van der Waals surface area contributed by atoms with Crippen molar-refractivity contribution in [2.75, 3.05) is 13.1 Å². The van der Waals surface area contributed by atoms with Crippen molar-refractivity contribution in [1.29, 1.82) is 5.41 Å². The van der Waals surface area contributed by atoms with Gasteiger partial charge in [0.1, 0.15) is 17.6 Å². The molecule has 2 aliphatic rings. The molecular formula is C27H40N6O4. The standard InChI is InChI=1S/C27H40N6O4/c1-18(2)37-24(34)17-31-22(14-19-8-4-3-5-9-19)27(36)33-13-7-6-10-23(33)26(35)32-16-20-11-12-21(25(28)29)30-15-20/h6-7,11-12,15,18-19,22-23,31H,3-5,8-10,13-14,16-17H2,1-2H3,(H3,28,29)(H,32,35). The third-order valence-electron chi connectivity index (χ3n) is 6.81. The van der Waals surface area contributed by atoms with E-state index in [1.807, 2.05) is 12.2 Å². The smallest absolute Gasteiger partial charge is 0.320 e. The molecule has 5 N–H and O–H groups in total. The molecule has 1 fully saturated rings. The summed E-state index contributed by atoms with van der Waals surface area (Å²) in [4.78, 5) is 44.8. The number of nitrogens with one attached hydrogen (secondary N) is 3. The van der Waals surface area contributed by atoms with Crippen LogP contribution in [0.1, 0.15) is 70.1 Å². The number of carbonyl (C=O) groups excluding carboxylic acids is 3. The van der Waals surface area contributed by atoms with E-state index in [1.54, 1.807) is 37.1 Å². The van der Waals surface area contributed by atoms with E-state index < -0.39 is 18.1 Å². The van der Waals surface area contributed by atoms with Crippen LogP contribution >= 0.6 is 0 Å².